The summed E-state index contributed by atoms with van der Waals surface area (Å²) < 4.78 is 23.3. The van der Waals surface area contributed by atoms with Gasteiger partial charge in [-0.15, -0.1) is 11.3 Å². The van der Waals surface area contributed by atoms with E-state index in [4.69, 9.17) is 5.14 Å². The average molecular weight is 270 g/mol. The Morgan fingerprint density at radius 2 is 1.94 bits per heavy atom. The Bertz CT molecular complexity index is 666. The third-order valence-electron chi connectivity index (χ3n) is 2.33. The average Bonchev–Trinajstić information content (AvgIpc) is 2.57. The van der Waals surface area contributed by atoms with Crippen LogP contribution in [0.1, 0.15) is 25.8 Å². The number of sulfonamides is 1. The third kappa shape index (κ3) is 2.48. The zero-order valence-electron chi connectivity index (χ0n) is 9.89. The number of benzene rings is 1. The van der Waals surface area contributed by atoms with Gasteiger partial charge in [0.05, 0.1) is 20.1 Å². The SMILES string of the molecule is CC(C)(C)c1nc2ccc(S(N)(=O)=O)cc2s1. The number of hydrogen-bond acceptors (Lipinski definition) is 4. The van der Waals surface area contributed by atoms with Crippen molar-refractivity contribution in [2.45, 2.75) is 31.1 Å². The van der Waals surface area contributed by atoms with Gasteiger partial charge in [0.25, 0.3) is 0 Å². The fourth-order valence-electron chi connectivity index (χ4n) is 1.40. The lowest BCUT2D eigenvalue weighted by Crippen LogP contribution is -2.11. The number of nitrogens with two attached hydrogens (primary N) is 1. The zero-order valence-corrected chi connectivity index (χ0v) is 11.5. The first-order chi connectivity index (χ1) is 7.68. The van der Waals surface area contributed by atoms with Gasteiger partial charge < -0.3 is 0 Å². The fourth-order valence-corrected chi connectivity index (χ4v) is 3.08. The Morgan fingerprint density at radius 3 is 2.47 bits per heavy atom. The van der Waals surface area contributed by atoms with Crippen LogP contribution in [0.2, 0.25) is 0 Å². The summed E-state index contributed by atoms with van der Waals surface area (Å²) in [4.78, 5) is 4.62. The molecule has 0 radical (unpaired) electrons. The summed E-state index contributed by atoms with van der Waals surface area (Å²) in [5.74, 6) is 0. The van der Waals surface area contributed by atoms with E-state index in [0.717, 1.165) is 15.2 Å². The fraction of sp³-hybridized carbons (Fsp3) is 0.364. The van der Waals surface area contributed by atoms with Gasteiger partial charge in [-0.25, -0.2) is 18.5 Å². The molecule has 0 aliphatic rings. The van der Waals surface area contributed by atoms with Crippen molar-refractivity contribution in [1.82, 2.24) is 4.98 Å². The Balaban J connectivity index is 2.64. The monoisotopic (exact) mass is 270 g/mol. The highest BCUT2D eigenvalue weighted by Crippen LogP contribution is 2.31. The van der Waals surface area contributed by atoms with Gasteiger partial charge in [-0.2, -0.15) is 0 Å². The van der Waals surface area contributed by atoms with Gasteiger partial charge in [0, 0.05) is 5.41 Å². The molecule has 17 heavy (non-hydrogen) atoms. The van der Waals surface area contributed by atoms with Gasteiger partial charge in [-0.05, 0) is 18.2 Å². The number of thiazole rings is 1. The van der Waals surface area contributed by atoms with Crippen molar-refractivity contribution in [2.24, 2.45) is 5.14 Å². The molecule has 4 nitrogen and oxygen atoms in total. The molecule has 92 valence electrons. The Kier molecular flexibility index (Phi) is 2.76. The predicted molar refractivity (Wildman–Crippen MR) is 69.7 cm³/mol. The van der Waals surface area contributed by atoms with Crippen LogP contribution in [0.3, 0.4) is 0 Å². The van der Waals surface area contributed by atoms with Gasteiger partial charge >= 0.3 is 0 Å². The van der Waals surface area contributed by atoms with Crippen molar-refractivity contribution in [3.8, 4) is 0 Å². The van der Waals surface area contributed by atoms with Gasteiger partial charge in [-0.1, -0.05) is 20.8 Å². The molecule has 2 rings (SSSR count). The van der Waals surface area contributed by atoms with E-state index in [-0.39, 0.29) is 10.3 Å². The summed E-state index contributed by atoms with van der Waals surface area (Å²) in [7, 11) is -3.64. The number of fused-ring (bicyclic) bond motifs is 1. The minimum Gasteiger partial charge on any atom is -0.241 e. The maximum atomic E-state index is 11.2. The Labute approximate surface area is 105 Å². The summed E-state index contributed by atoms with van der Waals surface area (Å²) in [5, 5.41) is 6.08. The molecule has 0 saturated heterocycles. The highest BCUT2D eigenvalue weighted by Gasteiger charge is 2.19. The second-order valence-corrected chi connectivity index (χ2v) is 7.54. The van der Waals surface area contributed by atoms with Crippen LogP contribution in [-0.4, -0.2) is 13.4 Å². The van der Waals surface area contributed by atoms with Crippen molar-refractivity contribution in [1.29, 1.82) is 0 Å². The molecule has 0 fully saturated rings. The van der Waals surface area contributed by atoms with Gasteiger partial charge in [0.2, 0.25) is 10.0 Å². The molecule has 2 aromatic rings. The molecule has 6 heteroatoms. The van der Waals surface area contributed by atoms with Crippen LogP contribution in [0.15, 0.2) is 23.1 Å². The molecule has 0 unspecified atom stereocenters. The highest BCUT2D eigenvalue weighted by atomic mass is 32.2. The van der Waals surface area contributed by atoms with Crippen LogP contribution < -0.4 is 5.14 Å². The summed E-state index contributed by atoms with van der Waals surface area (Å²) in [6.45, 7) is 6.22. The smallest absolute Gasteiger partial charge is 0.238 e. The van der Waals surface area contributed by atoms with E-state index in [0.29, 0.717) is 0 Å². The standard InChI is InChI=1S/C11H14N2O2S2/c1-11(2,3)10-13-8-5-4-7(17(12,14)15)6-9(8)16-10/h4-6H,1-3H3,(H2,12,14,15). The first-order valence-electron chi connectivity index (χ1n) is 5.12. The molecule has 1 heterocycles. The number of rotatable bonds is 1. The van der Waals surface area contributed by atoms with E-state index in [2.05, 4.69) is 25.8 Å². The van der Waals surface area contributed by atoms with Crippen LogP contribution in [0.4, 0.5) is 0 Å². The summed E-state index contributed by atoms with van der Waals surface area (Å²) >= 11 is 1.50. The molecule has 0 aliphatic carbocycles. The molecule has 1 aromatic carbocycles. The zero-order chi connectivity index (χ0) is 12.8. The second-order valence-electron chi connectivity index (χ2n) is 4.94. The number of hydrogen-bond donors (Lipinski definition) is 1. The van der Waals surface area contributed by atoms with Crippen molar-refractivity contribution >= 4 is 31.6 Å². The molecule has 0 atom stereocenters. The minimum atomic E-state index is -3.64. The third-order valence-corrected chi connectivity index (χ3v) is 4.68. The van der Waals surface area contributed by atoms with Gasteiger partial charge in [0.1, 0.15) is 0 Å². The molecule has 0 bridgehead atoms. The normalized spacial score (nSPS) is 13.2. The molecular weight excluding hydrogens is 256 g/mol. The van der Waals surface area contributed by atoms with Gasteiger partial charge in [-0.3, -0.25) is 0 Å². The summed E-state index contributed by atoms with van der Waals surface area (Å²) in [5.41, 5.74) is 0.776. The van der Waals surface area contributed by atoms with Crippen LogP contribution in [-0.2, 0) is 15.4 Å². The molecule has 2 N–H and O–H groups in total. The number of primary sulfonamides is 1. The lowest BCUT2D eigenvalue weighted by atomic mass is 9.98. The van der Waals surface area contributed by atoms with E-state index in [9.17, 15) is 8.42 Å². The largest absolute Gasteiger partial charge is 0.241 e. The number of nitrogens with zero attached hydrogens (tertiary/aromatic N) is 1. The van der Waals surface area contributed by atoms with E-state index in [1.54, 1.807) is 12.1 Å². The van der Waals surface area contributed by atoms with Gasteiger partial charge in [0.15, 0.2) is 0 Å². The van der Waals surface area contributed by atoms with Crippen molar-refractivity contribution in [3.05, 3.63) is 23.2 Å². The Hall–Kier alpha value is -0.980. The quantitative estimate of drug-likeness (QED) is 0.863. The van der Waals surface area contributed by atoms with Crippen LogP contribution in [0, 0.1) is 0 Å². The van der Waals surface area contributed by atoms with E-state index in [1.807, 2.05) is 0 Å². The number of aromatic nitrogens is 1. The van der Waals surface area contributed by atoms with Crippen LogP contribution >= 0.6 is 11.3 Å². The highest BCUT2D eigenvalue weighted by molar-refractivity contribution is 7.89. The lowest BCUT2D eigenvalue weighted by Gasteiger charge is -2.13. The Morgan fingerprint density at radius 1 is 1.29 bits per heavy atom. The first-order valence-corrected chi connectivity index (χ1v) is 7.48. The topological polar surface area (TPSA) is 73.0 Å². The lowest BCUT2D eigenvalue weighted by molar-refractivity contribution is 0.587. The maximum absolute atomic E-state index is 11.2. The van der Waals surface area contributed by atoms with E-state index >= 15 is 0 Å². The van der Waals surface area contributed by atoms with E-state index in [1.165, 1.54) is 17.4 Å². The second kappa shape index (κ2) is 3.76. The molecule has 0 amide bonds. The maximum Gasteiger partial charge on any atom is 0.238 e. The van der Waals surface area contributed by atoms with Crippen LogP contribution in [0.25, 0.3) is 10.2 Å². The molecule has 0 spiro atoms. The summed E-state index contributed by atoms with van der Waals surface area (Å²) in [6.07, 6.45) is 0. The molecular formula is C11H14N2O2S2. The molecule has 1 aromatic heterocycles. The van der Waals surface area contributed by atoms with E-state index < -0.39 is 10.0 Å². The summed E-state index contributed by atoms with van der Waals surface area (Å²) in [6, 6.07) is 4.77. The van der Waals surface area contributed by atoms with Crippen LogP contribution in [0.5, 0.6) is 0 Å². The minimum absolute atomic E-state index is 0.0363. The van der Waals surface area contributed by atoms with Crippen molar-refractivity contribution in [3.63, 3.8) is 0 Å². The molecule has 0 saturated carbocycles. The first kappa shape index (κ1) is 12.5. The molecule has 0 aliphatic heterocycles. The van der Waals surface area contributed by atoms with Crippen molar-refractivity contribution < 1.29 is 8.42 Å². The predicted octanol–water partition coefficient (Wildman–Crippen LogP) is 2.24. The van der Waals surface area contributed by atoms with Crippen molar-refractivity contribution in [2.75, 3.05) is 0 Å².